The first-order chi connectivity index (χ1) is 33.3. The van der Waals surface area contributed by atoms with E-state index >= 15 is 0 Å². The molecule has 4 aromatic heterocycles. The second kappa shape index (κ2) is 20.0. The SMILES string of the molecule is Cc1ccc2c(n1)oc1c[c-]c(-c3nc4ccccc4n3-c3c(C(C)C)cc(-c4ccccc4)cc3C(C)C)cc12.[2H]C([2H])([2H])c1c[c-]c(-c2cc(C([2H])([2H])C3CCCCC3)[c]([Ge]([CH3])([CH3])[CH3])cn2)cc1.[Ir]. The molecule has 10 rings (SSSR count). The fraction of sp³-hybridized carbons (Fsp3) is 0.305. The third kappa shape index (κ3) is 9.93. The molecule has 0 amide bonds. The van der Waals surface area contributed by atoms with Gasteiger partial charge in [-0.1, -0.05) is 75.5 Å². The average molecular weight is 1110 g/mol. The quantitative estimate of drug-likeness (QED) is 0.107. The summed E-state index contributed by atoms with van der Waals surface area (Å²) < 4.78 is 50.2. The first kappa shape index (κ1) is 41.1. The zero-order valence-corrected chi connectivity index (χ0v) is 43.8. The van der Waals surface area contributed by atoms with Gasteiger partial charge in [0.2, 0.25) is 5.71 Å². The summed E-state index contributed by atoms with van der Waals surface area (Å²) in [5.74, 6) is 8.34. The second-order valence-corrected chi connectivity index (χ2v) is 29.9. The number of fused-ring (bicyclic) bond motifs is 4. The van der Waals surface area contributed by atoms with Crippen LogP contribution in [0.15, 0.2) is 126 Å². The molecular weight excluding hydrogens is 1050 g/mol. The van der Waals surface area contributed by atoms with Crippen LogP contribution in [0.25, 0.3) is 72.6 Å². The number of nitrogens with zero attached hydrogens (tertiary/aromatic N) is 4. The molecule has 1 saturated carbocycles. The van der Waals surface area contributed by atoms with Crippen molar-refractivity contribution in [2.75, 3.05) is 0 Å². The molecule has 0 atom stereocenters. The number of hydrogen-bond donors (Lipinski definition) is 0. The Hall–Kier alpha value is -5.14. The maximum absolute atomic E-state index is 9.04. The Bertz CT molecular complexity index is 3300. The van der Waals surface area contributed by atoms with Gasteiger partial charge in [0.25, 0.3) is 0 Å². The van der Waals surface area contributed by atoms with E-state index in [1.54, 1.807) is 12.1 Å². The van der Waals surface area contributed by atoms with Gasteiger partial charge in [-0.3, -0.25) is 4.98 Å². The summed E-state index contributed by atoms with van der Waals surface area (Å²) in [4.78, 5) is 14.5. The number of aromatic nitrogens is 4. The third-order valence-electron chi connectivity index (χ3n) is 12.7. The Morgan fingerprint density at radius 2 is 1.48 bits per heavy atom. The van der Waals surface area contributed by atoms with Crippen LogP contribution in [0.5, 0.6) is 0 Å². The summed E-state index contributed by atoms with van der Waals surface area (Å²) >= 11 is -2.35. The van der Waals surface area contributed by atoms with E-state index < -0.39 is 26.5 Å². The minimum atomic E-state index is -2.35. The van der Waals surface area contributed by atoms with Crippen LogP contribution < -0.4 is 4.40 Å². The minimum absolute atomic E-state index is 0. The smallest absolute Gasteiger partial charge is 0 e. The van der Waals surface area contributed by atoms with Gasteiger partial charge in [-0.05, 0) is 77.4 Å². The predicted molar refractivity (Wildman–Crippen MR) is 275 cm³/mol. The zero-order chi connectivity index (χ0) is 49.7. The van der Waals surface area contributed by atoms with Gasteiger partial charge in [0.05, 0.1) is 22.4 Å². The molecule has 1 radical (unpaired) electrons. The minimum Gasteiger partial charge on any atom is 0 e. The number of rotatable bonds is 9. The number of hydrogen-bond acceptors (Lipinski definition) is 4. The number of furan rings is 1. The van der Waals surface area contributed by atoms with E-state index in [1.807, 2.05) is 31.3 Å². The zero-order valence-electron chi connectivity index (χ0n) is 44.3. The first-order valence-electron chi connectivity index (χ1n) is 25.8. The fourth-order valence-electron chi connectivity index (χ4n) is 9.24. The Balaban J connectivity index is 0.000000200. The summed E-state index contributed by atoms with van der Waals surface area (Å²) in [5.41, 5.74) is 14.0. The Labute approximate surface area is 415 Å². The van der Waals surface area contributed by atoms with Crippen LogP contribution >= 0.6 is 0 Å². The molecule has 9 aromatic rings. The van der Waals surface area contributed by atoms with E-state index in [0.717, 1.165) is 80.1 Å². The van der Waals surface area contributed by atoms with Gasteiger partial charge in [0.1, 0.15) is 0 Å². The molecule has 5 nitrogen and oxygen atoms in total. The molecule has 0 spiro atoms. The van der Waals surface area contributed by atoms with Gasteiger partial charge in [0.15, 0.2) is 0 Å². The van der Waals surface area contributed by atoms with Crippen molar-refractivity contribution in [1.29, 1.82) is 0 Å². The standard InChI is InChI=1S/C37H32N3O.C22H30GeN.Ir/c1-22(2)29-20-27(25-11-7-6-8-12-25)21-30(23(3)4)35(29)40-33-14-10-9-13-32(33)39-36(40)26-16-18-34-31(19-26)28-17-15-24(5)38-37(28)41-34;1-17-10-12-19(13-11-17)22-15-20(14-18-8-6-5-7-9-18)21(16-24-22)23(2,3)4;/h6-15,17-23H,1-5H3;10-12,15-16,18H,5-9,14H2,1-4H3;/q2*-1;/i;1D3,14D2;. The van der Waals surface area contributed by atoms with Crippen LogP contribution in [-0.4, -0.2) is 32.8 Å². The first-order valence-corrected chi connectivity index (χ1v) is 30.6. The van der Waals surface area contributed by atoms with Crippen LogP contribution in [0.3, 0.4) is 0 Å². The largest absolute Gasteiger partial charge is 0 e. The predicted octanol–water partition coefficient (Wildman–Crippen LogP) is 15.5. The van der Waals surface area contributed by atoms with Crippen LogP contribution in [0.1, 0.15) is 106 Å². The van der Waals surface area contributed by atoms with Gasteiger partial charge in [-0.25, -0.2) is 4.98 Å². The Kier molecular flexibility index (Phi) is 12.4. The maximum Gasteiger partial charge on any atom is 0 e. The normalized spacial score (nSPS) is 14.9. The van der Waals surface area contributed by atoms with Crippen LogP contribution in [0.2, 0.25) is 17.3 Å². The van der Waals surface area contributed by atoms with Gasteiger partial charge in [-0.15, -0.1) is 23.8 Å². The fourth-order valence-corrected chi connectivity index (χ4v) is 12.2. The van der Waals surface area contributed by atoms with Crippen LogP contribution in [0, 0.1) is 31.8 Å². The monoisotopic (exact) mass is 1110 g/mol. The van der Waals surface area contributed by atoms with E-state index in [4.69, 9.17) is 16.3 Å². The van der Waals surface area contributed by atoms with Crippen molar-refractivity contribution in [2.45, 2.75) is 109 Å². The molecule has 339 valence electrons. The molecule has 0 aliphatic heterocycles. The van der Waals surface area contributed by atoms with Gasteiger partial charge < -0.3 is 8.98 Å². The molecular formula is C59H62GeIrN4O-2. The van der Waals surface area contributed by atoms with Crippen LogP contribution in [-0.2, 0) is 26.5 Å². The van der Waals surface area contributed by atoms with Gasteiger partial charge in [0, 0.05) is 36.9 Å². The van der Waals surface area contributed by atoms with Gasteiger partial charge in [-0.2, -0.15) is 0 Å². The number of pyridine rings is 2. The van der Waals surface area contributed by atoms with Crippen molar-refractivity contribution in [3.8, 4) is 39.5 Å². The molecule has 0 bridgehead atoms. The summed E-state index contributed by atoms with van der Waals surface area (Å²) in [6.07, 6.45) is 5.74. The van der Waals surface area contributed by atoms with Crippen molar-refractivity contribution < 1.29 is 31.4 Å². The number of imidazole rings is 1. The number of para-hydroxylation sites is 2. The number of benzene rings is 5. The van der Waals surface area contributed by atoms with E-state index in [-0.39, 0.29) is 31.6 Å². The summed E-state index contributed by atoms with van der Waals surface area (Å²) in [5, 5.41) is 2.02. The van der Waals surface area contributed by atoms with Crippen molar-refractivity contribution in [1.82, 2.24) is 19.5 Å². The average Bonchev–Trinajstić information content (AvgIpc) is 3.91. The third-order valence-corrected chi connectivity index (χ3v) is 16.9. The molecule has 5 aromatic carbocycles. The van der Waals surface area contributed by atoms with Crippen LogP contribution in [0.4, 0.5) is 0 Å². The van der Waals surface area contributed by atoms with E-state index in [0.29, 0.717) is 28.8 Å². The Morgan fingerprint density at radius 1 is 0.773 bits per heavy atom. The molecule has 0 N–H and O–H groups in total. The van der Waals surface area contributed by atoms with Crippen molar-refractivity contribution in [3.63, 3.8) is 0 Å². The van der Waals surface area contributed by atoms with E-state index in [2.05, 4.69) is 150 Å². The molecule has 7 heteroatoms. The van der Waals surface area contributed by atoms with Gasteiger partial charge >= 0.3 is 157 Å². The topological polar surface area (TPSA) is 56.7 Å². The molecule has 0 unspecified atom stereocenters. The maximum atomic E-state index is 9.04. The summed E-state index contributed by atoms with van der Waals surface area (Å²) in [6.45, 7) is 8.94. The van der Waals surface area contributed by atoms with E-state index in [1.165, 1.54) is 40.4 Å². The number of aryl methyl sites for hydroxylation is 2. The molecule has 4 heterocycles. The van der Waals surface area contributed by atoms with Crippen molar-refractivity contribution in [3.05, 3.63) is 162 Å². The molecule has 1 fully saturated rings. The summed E-state index contributed by atoms with van der Waals surface area (Å²) in [7, 11) is 0. The van der Waals surface area contributed by atoms with Crippen molar-refractivity contribution in [2.24, 2.45) is 5.92 Å². The molecule has 0 saturated heterocycles. The Morgan fingerprint density at radius 3 is 2.17 bits per heavy atom. The molecule has 1 aliphatic rings. The second-order valence-electron chi connectivity index (χ2n) is 19.3. The summed E-state index contributed by atoms with van der Waals surface area (Å²) in [6, 6.07) is 45.3. The van der Waals surface area contributed by atoms with Crippen molar-refractivity contribution >= 4 is 50.8 Å². The molecule has 1 aliphatic carbocycles. The van der Waals surface area contributed by atoms with E-state index in [9.17, 15) is 0 Å². The molecule has 66 heavy (non-hydrogen) atoms.